The Morgan fingerprint density at radius 2 is 2.25 bits per heavy atom. The highest BCUT2D eigenvalue weighted by Gasteiger charge is 2.27. The predicted octanol–water partition coefficient (Wildman–Crippen LogP) is 2.01. The Morgan fingerprint density at radius 3 is 2.90 bits per heavy atom. The van der Waals surface area contributed by atoms with Crippen molar-refractivity contribution in [1.29, 1.82) is 0 Å². The van der Waals surface area contributed by atoms with Gasteiger partial charge >= 0.3 is 0 Å². The average Bonchev–Trinajstić information content (AvgIpc) is 3.13. The van der Waals surface area contributed by atoms with E-state index in [1.165, 1.54) is 4.88 Å². The van der Waals surface area contributed by atoms with E-state index in [1.54, 1.807) is 0 Å². The van der Waals surface area contributed by atoms with Crippen molar-refractivity contribution in [3.05, 3.63) is 22.4 Å². The Bertz CT molecular complexity index is 421. The van der Waals surface area contributed by atoms with Crippen LogP contribution in [0.2, 0.25) is 0 Å². The molecular formula is C15H22N2O2S. The lowest BCUT2D eigenvalue weighted by Crippen LogP contribution is -2.47. The first kappa shape index (κ1) is 14.0. The highest BCUT2D eigenvalue weighted by molar-refractivity contribution is 7.09. The van der Waals surface area contributed by atoms with Crippen LogP contribution in [0.25, 0.3) is 0 Å². The number of likely N-dealkylation sites (tertiary alicyclic amines) is 1. The SMILES string of the molecule is O=C(NC1CCN(Cc2cccs2)CC1)[C@@H]1CCCO1. The predicted molar refractivity (Wildman–Crippen MR) is 79.7 cm³/mol. The third kappa shape index (κ3) is 3.59. The zero-order valence-electron chi connectivity index (χ0n) is 11.7. The quantitative estimate of drug-likeness (QED) is 0.923. The van der Waals surface area contributed by atoms with Crippen molar-refractivity contribution in [2.45, 2.75) is 44.4 Å². The molecule has 0 bridgehead atoms. The van der Waals surface area contributed by atoms with E-state index in [-0.39, 0.29) is 12.0 Å². The van der Waals surface area contributed by atoms with Crippen LogP contribution in [0.15, 0.2) is 17.5 Å². The van der Waals surface area contributed by atoms with Gasteiger partial charge in [-0.1, -0.05) is 6.07 Å². The van der Waals surface area contributed by atoms with E-state index >= 15 is 0 Å². The van der Waals surface area contributed by atoms with E-state index in [9.17, 15) is 4.79 Å². The monoisotopic (exact) mass is 294 g/mol. The topological polar surface area (TPSA) is 41.6 Å². The summed E-state index contributed by atoms with van der Waals surface area (Å²) in [6.07, 6.45) is 3.78. The molecule has 110 valence electrons. The van der Waals surface area contributed by atoms with Crippen molar-refractivity contribution in [2.75, 3.05) is 19.7 Å². The Labute approximate surface area is 124 Å². The second-order valence-electron chi connectivity index (χ2n) is 5.64. The third-order valence-electron chi connectivity index (χ3n) is 4.12. The molecule has 0 aliphatic carbocycles. The molecule has 0 unspecified atom stereocenters. The molecule has 0 saturated carbocycles. The molecule has 1 aromatic rings. The number of nitrogens with one attached hydrogen (secondary N) is 1. The number of hydrogen-bond donors (Lipinski definition) is 1. The van der Waals surface area contributed by atoms with Gasteiger partial charge in [0.2, 0.25) is 5.91 Å². The molecule has 3 heterocycles. The maximum absolute atomic E-state index is 12.0. The highest BCUT2D eigenvalue weighted by atomic mass is 32.1. The number of amides is 1. The molecule has 4 nitrogen and oxygen atoms in total. The highest BCUT2D eigenvalue weighted by Crippen LogP contribution is 2.18. The number of piperidine rings is 1. The standard InChI is InChI=1S/C15H22N2O2S/c18-15(14-4-1-9-19-14)16-12-5-7-17(8-6-12)11-13-3-2-10-20-13/h2-3,10,12,14H,1,4-9,11H2,(H,16,18)/t14-/m0/s1. The van der Waals surface area contributed by atoms with Crippen LogP contribution in [0.4, 0.5) is 0 Å². The zero-order chi connectivity index (χ0) is 13.8. The van der Waals surface area contributed by atoms with Crippen molar-refractivity contribution in [1.82, 2.24) is 10.2 Å². The maximum Gasteiger partial charge on any atom is 0.249 e. The zero-order valence-corrected chi connectivity index (χ0v) is 12.5. The normalized spacial score (nSPS) is 24.9. The number of nitrogens with zero attached hydrogens (tertiary/aromatic N) is 1. The molecule has 5 heteroatoms. The number of carbonyl (C=O) groups excluding carboxylic acids is 1. The van der Waals surface area contributed by atoms with Crippen molar-refractivity contribution in [2.24, 2.45) is 0 Å². The third-order valence-corrected chi connectivity index (χ3v) is 4.98. The molecule has 2 fully saturated rings. The lowest BCUT2D eigenvalue weighted by molar-refractivity contribution is -0.131. The molecule has 0 aromatic carbocycles. The average molecular weight is 294 g/mol. The second kappa shape index (κ2) is 6.70. The van der Waals surface area contributed by atoms with Crippen LogP contribution in [0, 0.1) is 0 Å². The van der Waals surface area contributed by atoms with Crippen LogP contribution >= 0.6 is 11.3 Å². The van der Waals surface area contributed by atoms with E-state index < -0.39 is 0 Å². The molecule has 2 aliphatic heterocycles. The minimum Gasteiger partial charge on any atom is -0.368 e. The summed E-state index contributed by atoms with van der Waals surface area (Å²) in [6.45, 7) is 3.91. The number of carbonyl (C=O) groups is 1. The fraction of sp³-hybridized carbons (Fsp3) is 0.667. The Hall–Kier alpha value is -0.910. The van der Waals surface area contributed by atoms with Gasteiger partial charge in [-0.3, -0.25) is 9.69 Å². The van der Waals surface area contributed by atoms with Crippen molar-refractivity contribution >= 4 is 17.2 Å². The fourth-order valence-corrected chi connectivity index (χ4v) is 3.68. The van der Waals surface area contributed by atoms with Crippen LogP contribution in [0.1, 0.15) is 30.6 Å². The number of hydrogen-bond acceptors (Lipinski definition) is 4. The maximum atomic E-state index is 12.0. The van der Waals surface area contributed by atoms with E-state index in [2.05, 4.69) is 27.7 Å². The van der Waals surface area contributed by atoms with Gasteiger partial charge in [0, 0.05) is 37.2 Å². The first-order chi connectivity index (χ1) is 9.81. The van der Waals surface area contributed by atoms with Gasteiger partial charge in [0.25, 0.3) is 0 Å². The van der Waals surface area contributed by atoms with Gasteiger partial charge in [0.15, 0.2) is 0 Å². The van der Waals surface area contributed by atoms with Crippen molar-refractivity contribution in [3.63, 3.8) is 0 Å². The molecule has 20 heavy (non-hydrogen) atoms. The van der Waals surface area contributed by atoms with E-state index in [4.69, 9.17) is 4.74 Å². The molecular weight excluding hydrogens is 272 g/mol. The van der Waals surface area contributed by atoms with Crippen molar-refractivity contribution in [3.8, 4) is 0 Å². The van der Waals surface area contributed by atoms with Gasteiger partial charge in [-0.25, -0.2) is 0 Å². The Morgan fingerprint density at radius 1 is 1.40 bits per heavy atom. The molecule has 2 aliphatic rings. The largest absolute Gasteiger partial charge is 0.368 e. The first-order valence-electron chi connectivity index (χ1n) is 7.48. The number of ether oxygens (including phenoxy) is 1. The lowest BCUT2D eigenvalue weighted by atomic mass is 10.0. The fourth-order valence-electron chi connectivity index (χ4n) is 2.94. The molecule has 2 saturated heterocycles. The van der Waals surface area contributed by atoms with Gasteiger partial charge in [-0.2, -0.15) is 0 Å². The molecule has 0 spiro atoms. The Kier molecular flexibility index (Phi) is 4.70. The summed E-state index contributed by atoms with van der Waals surface area (Å²) in [6, 6.07) is 4.62. The van der Waals surface area contributed by atoms with Crippen LogP contribution in [-0.2, 0) is 16.1 Å². The van der Waals surface area contributed by atoms with Gasteiger partial charge in [-0.05, 0) is 37.1 Å². The molecule has 0 radical (unpaired) electrons. The van der Waals surface area contributed by atoms with Crippen LogP contribution in [0.3, 0.4) is 0 Å². The minimum absolute atomic E-state index is 0.0965. The van der Waals surface area contributed by atoms with Crippen LogP contribution in [0.5, 0.6) is 0 Å². The minimum atomic E-state index is -0.195. The Balaban J connectivity index is 1.40. The summed E-state index contributed by atoms with van der Waals surface area (Å²) in [4.78, 5) is 15.9. The summed E-state index contributed by atoms with van der Waals surface area (Å²) in [5.74, 6) is 0.0965. The van der Waals surface area contributed by atoms with Crippen LogP contribution < -0.4 is 5.32 Å². The van der Waals surface area contributed by atoms with Gasteiger partial charge in [0.05, 0.1) is 0 Å². The van der Waals surface area contributed by atoms with Crippen molar-refractivity contribution < 1.29 is 9.53 Å². The molecule has 1 atom stereocenters. The summed E-state index contributed by atoms with van der Waals surface area (Å²) in [5.41, 5.74) is 0. The lowest BCUT2D eigenvalue weighted by Gasteiger charge is -2.32. The van der Waals surface area contributed by atoms with Gasteiger partial charge < -0.3 is 10.1 Å². The molecule has 3 rings (SSSR count). The summed E-state index contributed by atoms with van der Waals surface area (Å²) in [5, 5.41) is 5.28. The summed E-state index contributed by atoms with van der Waals surface area (Å²) < 4.78 is 5.43. The number of thiophene rings is 1. The van der Waals surface area contributed by atoms with E-state index in [0.29, 0.717) is 6.04 Å². The first-order valence-corrected chi connectivity index (χ1v) is 8.36. The van der Waals surface area contributed by atoms with E-state index in [0.717, 1.165) is 51.9 Å². The molecule has 1 amide bonds. The van der Waals surface area contributed by atoms with E-state index in [1.807, 2.05) is 11.3 Å². The smallest absolute Gasteiger partial charge is 0.249 e. The summed E-state index contributed by atoms with van der Waals surface area (Å²) >= 11 is 1.82. The molecule has 1 N–H and O–H groups in total. The van der Waals surface area contributed by atoms with Crippen LogP contribution in [-0.4, -0.2) is 42.6 Å². The number of rotatable bonds is 4. The summed E-state index contributed by atoms with van der Waals surface area (Å²) in [7, 11) is 0. The van der Waals surface area contributed by atoms with Gasteiger partial charge in [0.1, 0.15) is 6.10 Å². The van der Waals surface area contributed by atoms with Gasteiger partial charge in [-0.15, -0.1) is 11.3 Å². The molecule has 1 aromatic heterocycles. The second-order valence-corrected chi connectivity index (χ2v) is 6.67.